The zero-order valence-corrected chi connectivity index (χ0v) is 19.3. The molecule has 0 saturated carbocycles. The second-order valence-electron chi connectivity index (χ2n) is 8.81. The van der Waals surface area contributed by atoms with Crippen LogP contribution in [0.4, 0.5) is 0 Å². The molecule has 0 atom stereocenters. The monoisotopic (exact) mass is 459 g/mol. The predicted molar refractivity (Wildman–Crippen MR) is 125 cm³/mol. The first kappa shape index (κ1) is 21.9. The van der Waals surface area contributed by atoms with Gasteiger partial charge in [-0.25, -0.2) is 4.98 Å². The highest BCUT2D eigenvalue weighted by Gasteiger charge is 2.30. The van der Waals surface area contributed by atoms with Gasteiger partial charge in [0.25, 0.3) is 11.6 Å². The maximum Gasteiger partial charge on any atom is 0.259 e. The fourth-order valence-corrected chi connectivity index (χ4v) is 4.66. The van der Waals surface area contributed by atoms with Gasteiger partial charge in [-0.1, -0.05) is 5.16 Å². The molecule has 8 heteroatoms. The number of nitrogens with zero attached hydrogens (tertiary/aromatic N) is 3. The molecule has 8 nitrogen and oxygen atoms in total. The molecular formula is C26H25N3O5. The number of hydrogen-bond donors (Lipinski definition) is 1. The van der Waals surface area contributed by atoms with E-state index in [9.17, 15) is 14.7 Å². The number of rotatable bonds is 4. The molecule has 174 valence electrons. The number of amides is 1. The average molecular weight is 460 g/mol. The van der Waals surface area contributed by atoms with Crippen LogP contribution >= 0.6 is 0 Å². The molecule has 0 radical (unpaired) electrons. The van der Waals surface area contributed by atoms with Crippen LogP contribution in [-0.4, -0.2) is 44.9 Å². The van der Waals surface area contributed by atoms with Crippen LogP contribution in [0.2, 0.25) is 0 Å². The highest BCUT2D eigenvalue weighted by molar-refractivity contribution is 6.07. The number of carbonyl (C=O) groups excluding carboxylic acids is 2. The molecule has 4 heterocycles. The molecule has 3 aromatic heterocycles. The van der Waals surface area contributed by atoms with Crippen LogP contribution in [0.1, 0.15) is 50.8 Å². The first-order valence-corrected chi connectivity index (χ1v) is 11.3. The summed E-state index contributed by atoms with van der Waals surface area (Å²) in [4.78, 5) is 32.8. The Morgan fingerprint density at radius 1 is 1.06 bits per heavy atom. The quantitative estimate of drug-likeness (QED) is 0.435. The van der Waals surface area contributed by atoms with Crippen molar-refractivity contribution in [1.82, 2.24) is 15.0 Å². The molecule has 1 saturated heterocycles. The maximum atomic E-state index is 13.6. The summed E-state index contributed by atoms with van der Waals surface area (Å²) in [7, 11) is 0. The zero-order valence-electron chi connectivity index (χ0n) is 19.3. The minimum atomic E-state index is -0.157. The number of phenols is 1. The van der Waals surface area contributed by atoms with Crippen LogP contribution in [0.5, 0.6) is 5.75 Å². The summed E-state index contributed by atoms with van der Waals surface area (Å²) in [5, 5.41) is 14.1. The molecule has 0 spiro atoms. The summed E-state index contributed by atoms with van der Waals surface area (Å²) >= 11 is 0. The summed E-state index contributed by atoms with van der Waals surface area (Å²) in [5.74, 6) is 1.36. The number of hydrogen-bond acceptors (Lipinski definition) is 7. The molecule has 5 rings (SSSR count). The Labute approximate surface area is 196 Å². The van der Waals surface area contributed by atoms with Crippen molar-refractivity contribution in [2.24, 2.45) is 5.92 Å². The van der Waals surface area contributed by atoms with Gasteiger partial charge in [-0.3, -0.25) is 9.59 Å². The normalized spacial score (nSPS) is 14.6. The number of phenolic OH excluding ortho intramolecular Hbond substituents is 1. The smallest absolute Gasteiger partial charge is 0.259 e. The second-order valence-corrected chi connectivity index (χ2v) is 8.81. The lowest BCUT2D eigenvalue weighted by Crippen LogP contribution is -2.40. The Morgan fingerprint density at radius 3 is 2.41 bits per heavy atom. The number of furan rings is 1. The third kappa shape index (κ3) is 3.85. The van der Waals surface area contributed by atoms with E-state index in [4.69, 9.17) is 8.94 Å². The molecule has 4 aromatic rings. The van der Waals surface area contributed by atoms with Gasteiger partial charge in [0.2, 0.25) is 0 Å². The maximum absolute atomic E-state index is 13.6. The van der Waals surface area contributed by atoms with E-state index in [1.54, 1.807) is 30.0 Å². The summed E-state index contributed by atoms with van der Waals surface area (Å²) in [6, 6.07) is 9.98. The van der Waals surface area contributed by atoms with Gasteiger partial charge in [0.05, 0.1) is 22.3 Å². The summed E-state index contributed by atoms with van der Waals surface area (Å²) in [6.45, 7) is 6.46. The number of Topliss-reactive ketones (excluding diaryl/α,β-unsaturated/α-hetero) is 1. The Morgan fingerprint density at radius 2 is 1.76 bits per heavy atom. The van der Waals surface area contributed by atoms with E-state index in [1.807, 2.05) is 19.9 Å². The van der Waals surface area contributed by atoms with Gasteiger partial charge in [0.15, 0.2) is 5.78 Å². The lowest BCUT2D eigenvalue weighted by atomic mass is 9.88. The molecule has 1 fully saturated rings. The van der Waals surface area contributed by atoms with Gasteiger partial charge in [-0.2, -0.15) is 0 Å². The number of fused-ring (bicyclic) bond motifs is 1. The number of pyridine rings is 1. The molecule has 1 amide bonds. The third-order valence-corrected chi connectivity index (χ3v) is 6.47. The van der Waals surface area contributed by atoms with Gasteiger partial charge < -0.3 is 18.9 Å². The van der Waals surface area contributed by atoms with E-state index in [1.165, 1.54) is 12.1 Å². The van der Waals surface area contributed by atoms with E-state index in [2.05, 4.69) is 10.1 Å². The number of likely N-dealkylation sites (tertiary alicyclic amines) is 1. The SMILES string of the molecule is Cc1cc(-c2cc(C(=O)N3CCC(C(=O)c4ccc(O)cc4)CC3)c3c(C)noc3n2)c(C)o1. The van der Waals surface area contributed by atoms with Crippen LogP contribution in [0.3, 0.4) is 0 Å². The van der Waals surface area contributed by atoms with Crippen LogP contribution in [-0.2, 0) is 0 Å². The largest absolute Gasteiger partial charge is 0.508 e. The summed E-state index contributed by atoms with van der Waals surface area (Å²) in [6.07, 6.45) is 1.16. The Bertz CT molecular complexity index is 1390. The summed E-state index contributed by atoms with van der Waals surface area (Å²) in [5.41, 5.74) is 3.39. The number of benzene rings is 1. The predicted octanol–water partition coefficient (Wildman–Crippen LogP) is 4.85. The van der Waals surface area contributed by atoms with E-state index in [0.717, 1.165) is 11.3 Å². The molecular weight excluding hydrogens is 434 g/mol. The van der Waals surface area contributed by atoms with E-state index >= 15 is 0 Å². The van der Waals surface area contributed by atoms with Crippen molar-refractivity contribution in [2.75, 3.05) is 13.1 Å². The van der Waals surface area contributed by atoms with Crippen molar-refractivity contribution < 1.29 is 23.6 Å². The van der Waals surface area contributed by atoms with Crippen molar-refractivity contribution >= 4 is 22.8 Å². The van der Waals surface area contributed by atoms with E-state index < -0.39 is 0 Å². The topological polar surface area (TPSA) is 110 Å². The highest BCUT2D eigenvalue weighted by Crippen LogP contribution is 2.32. The van der Waals surface area contributed by atoms with Crippen LogP contribution < -0.4 is 0 Å². The van der Waals surface area contributed by atoms with Crippen LogP contribution in [0, 0.1) is 26.7 Å². The van der Waals surface area contributed by atoms with Crippen molar-refractivity contribution in [3.8, 4) is 17.0 Å². The Hall–Kier alpha value is -3.94. The van der Waals surface area contributed by atoms with Crippen molar-refractivity contribution in [1.29, 1.82) is 0 Å². The standard InChI is InChI=1S/C26H25N3O5/c1-14-12-20(16(3)33-14)22-13-21(23-15(2)28-34-25(23)27-22)26(32)29-10-8-18(9-11-29)24(31)17-4-6-19(30)7-5-17/h4-7,12-13,18,30H,8-11H2,1-3H3. The van der Waals surface area contributed by atoms with Gasteiger partial charge in [0.1, 0.15) is 17.3 Å². The lowest BCUT2D eigenvalue weighted by Gasteiger charge is -2.31. The molecule has 1 N–H and O–H groups in total. The van der Waals surface area contributed by atoms with Gasteiger partial charge >= 0.3 is 0 Å². The summed E-state index contributed by atoms with van der Waals surface area (Å²) < 4.78 is 11.1. The Balaban J connectivity index is 1.40. The van der Waals surface area contributed by atoms with Gasteiger partial charge in [-0.15, -0.1) is 0 Å². The number of piperidine rings is 1. The number of aromatic hydroxyl groups is 1. The molecule has 1 aliphatic rings. The van der Waals surface area contributed by atoms with Gasteiger partial charge in [-0.05, 0) is 70.0 Å². The van der Waals surface area contributed by atoms with Crippen LogP contribution in [0.15, 0.2) is 45.3 Å². The van der Waals surface area contributed by atoms with Gasteiger partial charge in [0, 0.05) is 30.1 Å². The molecule has 0 aliphatic carbocycles. The molecule has 0 bridgehead atoms. The second kappa shape index (κ2) is 8.44. The minimum absolute atomic E-state index is 0.0429. The number of aryl methyl sites for hydroxylation is 3. The van der Waals surface area contributed by atoms with Crippen molar-refractivity contribution in [3.63, 3.8) is 0 Å². The molecule has 1 aromatic carbocycles. The van der Waals surface area contributed by atoms with E-state index in [-0.39, 0.29) is 23.4 Å². The fraction of sp³-hybridized carbons (Fsp3) is 0.308. The average Bonchev–Trinajstić information content (AvgIpc) is 3.39. The van der Waals surface area contributed by atoms with Crippen molar-refractivity contribution in [3.05, 3.63) is 64.7 Å². The highest BCUT2D eigenvalue weighted by atomic mass is 16.5. The number of ketones is 1. The first-order chi connectivity index (χ1) is 16.3. The lowest BCUT2D eigenvalue weighted by molar-refractivity contribution is 0.0652. The molecule has 1 aliphatic heterocycles. The minimum Gasteiger partial charge on any atom is -0.508 e. The fourth-order valence-electron chi connectivity index (χ4n) is 4.66. The van der Waals surface area contributed by atoms with Crippen molar-refractivity contribution in [2.45, 2.75) is 33.6 Å². The first-order valence-electron chi connectivity index (χ1n) is 11.3. The molecule has 0 unspecified atom stereocenters. The number of aromatic nitrogens is 2. The Kier molecular flexibility index (Phi) is 5.43. The van der Waals surface area contributed by atoms with Crippen LogP contribution in [0.25, 0.3) is 22.4 Å². The number of carbonyl (C=O) groups is 2. The molecule has 34 heavy (non-hydrogen) atoms. The van der Waals surface area contributed by atoms with E-state index in [0.29, 0.717) is 65.3 Å². The zero-order chi connectivity index (χ0) is 24.0. The third-order valence-electron chi connectivity index (χ3n) is 6.47.